The molecule has 58 valence electrons. The number of hydrogen-bond acceptors (Lipinski definition) is 4. The summed E-state index contributed by atoms with van der Waals surface area (Å²) in [6.45, 7) is 0. The number of hydrogen-bond donors (Lipinski definition) is 3. The number of fused-ring (bicyclic) bond motifs is 1. The summed E-state index contributed by atoms with van der Waals surface area (Å²) in [6.07, 6.45) is 0. The van der Waals surface area contributed by atoms with Crippen LogP contribution >= 0.6 is 15.9 Å². The van der Waals surface area contributed by atoms with Gasteiger partial charge in [0.25, 0.3) is 0 Å². The SMILES string of the molecule is Oc1c(O)c(Br)c2c(c1O)O2. The molecule has 0 saturated carbocycles. The Morgan fingerprint density at radius 2 is 1.55 bits per heavy atom. The largest absolute Gasteiger partial charge is 0.503 e. The molecule has 0 saturated heterocycles. The molecule has 1 aliphatic heterocycles. The van der Waals surface area contributed by atoms with Crippen LogP contribution in [0.15, 0.2) is 4.47 Å². The van der Waals surface area contributed by atoms with Gasteiger partial charge in [0, 0.05) is 0 Å². The summed E-state index contributed by atoms with van der Waals surface area (Å²) < 4.78 is 5.01. The first-order chi connectivity index (χ1) is 5.13. The van der Waals surface area contributed by atoms with Gasteiger partial charge in [-0.1, -0.05) is 0 Å². The zero-order chi connectivity index (χ0) is 8.17. The molecule has 1 aromatic rings. The van der Waals surface area contributed by atoms with Gasteiger partial charge in [-0.3, -0.25) is 0 Å². The average molecular weight is 219 g/mol. The van der Waals surface area contributed by atoms with E-state index in [4.69, 9.17) is 20.1 Å². The predicted octanol–water partition coefficient (Wildman–Crippen LogP) is 1.67. The summed E-state index contributed by atoms with van der Waals surface area (Å²) in [7, 11) is 0. The topological polar surface area (TPSA) is 73.2 Å². The number of benzene rings is 1. The van der Waals surface area contributed by atoms with Crippen molar-refractivity contribution < 1.29 is 20.1 Å². The lowest BCUT2D eigenvalue weighted by atomic mass is 10.3. The number of phenolic OH excluding ortho intramolecular Hbond substituents is 3. The van der Waals surface area contributed by atoms with E-state index in [2.05, 4.69) is 15.9 Å². The predicted molar refractivity (Wildman–Crippen MR) is 39.2 cm³/mol. The van der Waals surface area contributed by atoms with Crippen LogP contribution in [0.3, 0.4) is 0 Å². The molecule has 3 N–H and O–H groups in total. The summed E-state index contributed by atoms with van der Waals surface area (Å²) in [5.74, 6) is -0.794. The third-order valence-corrected chi connectivity index (χ3v) is 2.18. The third-order valence-electron chi connectivity index (χ3n) is 1.44. The molecule has 0 atom stereocenters. The summed E-state index contributed by atoms with van der Waals surface area (Å²) in [4.78, 5) is 0. The van der Waals surface area contributed by atoms with E-state index >= 15 is 0 Å². The summed E-state index contributed by atoms with van der Waals surface area (Å²) in [5.41, 5.74) is 0. The highest BCUT2D eigenvalue weighted by Gasteiger charge is 2.34. The minimum absolute atomic E-state index is 0.215. The summed E-state index contributed by atoms with van der Waals surface area (Å²) in [6, 6.07) is 0. The molecule has 5 heteroatoms. The highest BCUT2D eigenvalue weighted by Crippen LogP contribution is 2.64. The first-order valence-electron chi connectivity index (χ1n) is 2.77. The maximum Gasteiger partial charge on any atom is 0.217 e. The Morgan fingerprint density at radius 3 is 2.18 bits per heavy atom. The second-order valence-electron chi connectivity index (χ2n) is 2.12. The molecule has 11 heavy (non-hydrogen) atoms. The van der Waals surface area contributed by atoms with E-state index in [0.29, 0.717) is 5.75 Å². The van der Waals surface area contributed by atoms with Gasteiger partial charge in [-0.05, 0) is 15.9 Å². The average Bonchev–Trinajstić information content (AvgIpc) is 2.76. The van der Waals surface area contributed by atoms with Crippen LogP contribution in [-0.4, -0.2) is 15.3 Å². The standard InChI is InChI=1S/C6H3BrO4/c7-1-2(8)3(9)4(10)6-5(1)11-6/h8-10H. The van der Waals surface area contributed by atoms with Crippen molar-refractivity contribution in [3.05, 3.63) is 4.47 Å². The van der Waals surface area contributed by atoms with Gasteiger partial charge < -0.3 is 20.1 Å². The fraction of sp³-hybridized carbons (Fsp3) is 0. The van der Waals surface area contributed by atoms with Crippen LogP contribution in [0.5, 0.6) is 28.7 Å². The van der Waals surface area contributed by atoms with Gasteiger partial charge in [0.15, 0.2) is 11.5 Å². The van der Waals surface area contributed by atoms with Gasteiger partial charge >= 0.3 is 0 Å². The molecule has 0 radical (unpaired) electrons. The highest BCUT2D eigenvalue weighted by molar-refractivity contribution is 9.10. The van der Waals surface area contributed by atoms with E-state index in [9.17, 15) is 0 Å². The van der Waals surface area contributed by atoms with Crippen molar-refractivity contribution in [2.75, 3.05) is 0 Å². The van der Waals surface area contributed by atoms with Gasteiger partial charge in [-0.25, -0.2) is 0 Å². The first kappa shape index (κ1) is 6.60. The molecule has 1 aliphatic rings. The van der Waals surface area contributed by atoms with Crippen LogP contribution in [0.2, 0.25) is 0 Å². The molecule has 0 unspecified atom stereocenters. The monoisotopic (exact) mass is 218 g/mol. The van der Waals surface area contributed by atoms with Gasteiger partial charge in [-0.15, -0.1) is 0 Å². The van der Waals surface area contributed by atoms with E-state index in [1.165, 1.54) is 0 Å². The van der Waals surface area contributed by atoms with Crippen molar-refractivity contribution in [2.24, 2.45) is 0 Å². The maximum atomic E-state index is 9.06. The van der Waals surface area contributed by atoms with Crippen molar-refractivity contribution in [2.45, 2.75) is 0 Å². The van der Waals surface area contributed by atoms with Crippen LogP contribution in [-0.2, 0) is 0 Å². The fourth-order valence-electron chi connectivity index (χ4n) is 0.808. The Bertz CT molecular complexity index is 314. The van der Waals surface area contributed by atoms with Crippen LogP contribution in [0.25, 0.3) is 0 Å². The lowest BCUT2D eigenvalue weighted by Gasteiger charge is -1.96. The lowest BCUT2D eigenvalue weighted by Crippen LogP contribution is -1.67. The fourth-order valence-corrected chi connectivity index (χ4v) is 1.26. The Morgan fingerprint density at radius 1 is 0.909 bits per heavy atom. The van der Waals surface area contributed by atoms with E-state index < -0.39 is 17.2 Å². The highest BCUT2D eigenvalue weighted by atomic mass is 79.9. The van der Waals surface area contributed by atoms with E-state index in [0.717, 1.165) is 0 Å². The molecule has 0 spiro atoms. The minimum atomic E-state index is -0.562. The molecular weight excluding hydrogens is 216 g/mol. The van der Waals surface area contributed by atoms with Crippen LogP contribution in [0.1, 0.15) is 0 Å². The second-order valence-corrected chi connectivity index (χ2v) is 2.91. The Kier molecular flexibility index (Phi) is 1.04. The van der Waals surface area contributed by atoms with Crippen molar-refractivity contribution >= 4 is 15.9 Å². The van der Waals surface area contributed by atoms with E-state index in [-0.39, 0.29) is 10.2 Å². The Balaban J connectivity index is 2.78. The van der Waals surface area contributed by atoms with Crippen molar-refractivity contribution in [3.63, 3.8) is 0 Å². The van der Waals surface area contributed by atoms with Crippen LogP contribution < -0.4 is 4.74 Å². The third kappa shape index (κ3) is 0.683. The molecular formula is C6H3BrO4. The quantitative estimate of drug-likeness (QED) is 0.465. The Hall–Kier alpha value is -1.10. The summed E-state index contributed by atoms with van der Waals surface area (Å²) >= 11 is 2.97. The molecule has 2 rings (SSSR count). The smallest absolute Gasteiger partial charge is 0.217 e. The maximum absolute atomic E-state index is 9.06. The molecule has 4 nitrogen and oxygen atoms in total. The number of aromatic hydroxyl groups is 3. The normalized spacial score (nSPS) is 12.1. The molecule has 0 amide bonds. The zero-order valence-corrected chi connectivity index (χ0v) is 6.71. The number of rotatable bonds is 0. The minimum Gasteiger partial charge on any atom is -0.503 e. The molecule has 1 heterocycles. The van der Waals surface area contributed by atoms with Crippen LogP contribution in [0.4, 0.5) is 0 Å². The summed E-state index contributed by atoms with van der Waals surface area (Å²) in [5, 5.41) is 27.1. The molecule has 0 fully saturated rings. The molecule has 0 aromatic heterocycles. The second kappa shape index (κ2) is 1.73. The number of phenols is 3. The lowest BCUT2D eigenvalue weighted by molar-refractivity contribution is 0.367. The molecule has 1 aromatic carbocycles. The van der Waals surface area contributed by atoms with Gasteiger partial charge in [0.1, 0.15) is 4.47 Å². The van der Waals surface area contributed by atoms with Gasteiger partial charge in [0.2, 0.25) is 17.2 Å². The van der Waals surface area contributed by atoms with Crippen molar-refractivity contribution in [1.82, 2.24) is 0 Å². The molecule has 0 bridgehead atoms. The van der Waals surface area contributed by atoms with Gasteiger partial charge in [0.05, 0.1) is 0 Å². The number of ether oxygens (including phenoxy) is 1. The Labute approximate surface area is 69.8 Å². The van der Waals surface area contributed by atoms with Gasteiger partial charge in [-0.2, -0.15) is 0 Å². The zero-order valence-electron chi connectivity index (χ0n) is 5.13. The van der Waals surface area contributed by atoms with Crippen molar-refractivity contribution in [1.29, 1.82) is 0 Å². The first-order valence-corrected chi connectivity index (χ1v) is 3.56. The molecule has 0 aliphatic carbocycles. The van der Waals surface area contributed by atoms with E-state index in [1.807, 2.05) is 0 Å². The van der Waals surface area contributed by atoms with Crippen LogP contribution in [0, 0.1) is 0 Å². The number of halogens is 1. The van der Waals surface area contributed by atoms with E-state index in [1.54, 1.807) is 0 Å². The van der Waals surface area contributed by atoms with Crippen molar-refractivity contribution in [3.8, 4) is 28.7 Å².